The third-order valence-corrected chi connectivity index (χ3v) is 5.50. The molecule has 4 atom stereocenters. The number of nitrogens with one attached hydrogen (secondary N) is 1. The minimum Gasteiger partial charge on any atom is -0.466 e. The number of hydrogen-bond acceptors (Lipinski definition) is 5. The molecule has 0 radical (unpaired) electrons. The van der Waals surface area contributed by atoms with E-state index in [2.05, 4.69) is 10.3 Å². The normalized spacial score (nSPS) is 34.2. The average molecular weight is 317 g/mol. The van der Waals surface area contributed by atoms with E-state index < -0.39 is 17.6 Å². The molecule has 1 saturated heterocycles. The van der Waals surface area contributed by atoms with Crippen LogP contribution in [0.25, 0.3) is 0 Å². The molecule has 1 aromatic heterocycles. The van der Waals surface area contributed by atoms with E-state index in [1.54, 1.807) is 6.20 Å². The minimum absolute atomic E-state index is 0.0164. The Balaban J connectivity index is 2.00. The number of piperidine rings is 1. The van der Waals surface area contributed by atoms with Crippen LogP contribution in [0.5, 0.6) is 5.75 Å². The molecule has 23 heavy (non-hydrogen) atoms. The van der Waals surface area contributed by atoms with Crippen LogP contribution in [0.2, 0.25) is 0 Å². The zero-order valence-electron chi connectivity index (χ0n) is 12.8. The number of amides is 2. The monoisotopic (exact) mass is 317 g/mol. The van der Waals surface area contributed by atoms with Crippen molar-refractivity contribution in [3.05, 3.63) is 23.0 Å². The van der Waals surface area contributed by atoms with Crippen LogP contribution in [0, 0.1) is 18.8 Å². The molecular formula is C16H19N3O4. The van der Waals surface area contributed by atoms with E-state index in [9.17, 15) is 14.7 Å². The van der Waals surface area contributed by atoms with Crippen LogP contribution < -0.4 is 15.8 Å². The number of carbonyl (C=O) groups excluding carboxylic acids is 2. The van der Waals surface area contributed by atoms with Crippen LogP contribution in [0.15, 0.2) is 6.20 Å². The van der Waals surface area contributed by atoms with Gasteiger partial charge in [0, 0.05) is 35.6 Å². The van der Waals surface area contributed by atoms with Gasteiger partial charge >= 0.3 is 0 Å². The van der Waals surface area contributed by atoms with Crippen molar-refractivity contribution in [1.82, 2.24) is 10.3 Å². The molecule has 1 aromatic rings. The molecule has 4 N–H and O–H groups in total. The Kier molecular flexibility index (Phi) is 2.93. The van der Waals surface area contributed by atoms with Crippen LogP contribution in [-0.2, 0) is 16.2 Å². The highest BCUT2D eigenvalue weighted by molar-refractivity contribution is 6.02. The van der Waals surface area contributed by atoms with E-state index in [4.69, 9.17) is 10.5 Å². The molecule has 0 aromatic carbocycles. The predicted molar refractivity (Wildman–Crippen MR) is 79.2 cm³/mol. The molecule has 4 rings (SSSR count). The summed E-state index contributed by atoms with van der Waals surface area (Å²) in [7, 11) is 0. The Morgan fingerprint density at radius 2 is 2.39 bits per heavy atom. The van der Waals surface area contributed by atoms with Gasteiger partial charge in [-0.1, -0.05) is 0 Å². The van der Waals surface area contributed by atoms with Crippen molar-refractivity contribution in [2.24, 2.45) is 17.6 Å². The number of nitrogens with two attached hydrogens (primary N) is 1. The van der Waals surface area contributed by atoms with E-state index in [0.29, 0.717) is 23.4 Å². The molecule has 0 spiro atoms. The first kappa shape index (κ1) is 14.4. The molecule has 2 bridgehead atoms. The van der Waals surface area contributed by atoms with Crippen molar-refractivity contribution >= 4 is 11.8 Å². The van der Waals surface area contributed by atoms with E-state index in [1.807, 2.05) is 6.92 Å². The van der Waals surface area contributed by atoms with Gasteiger partial charge in [-0.2, -0.15) is 0 Å². The number of aliphatic hydroxyl groups is 1. The number of primary amides is 1. The summed E-state index contributed by atoms with van der Waals surface area (Å²) in [6.07, 6.45) is 4.04. The fraction of sp³-hybridized carbons (Fsp3) is 0.562. The second-order valence-corrected chi connectivity index (χ2v) is 6.66. The Hall–Kier alpha value is -2.15. The summed E-state index contributed by atoms with van der Waals surface area (Å²) in [6.45, 7) is 1.60. The van der Waals surface area contributed by atoms with Crippen molar-refractivity contribution in [2.45, 2.75) is 44.4 Å². The SMILES string of the molecule is Cc1ncc(CO)c2c1OC13CCCC1C2C(C(N)=O)C(=O)N3. The van der Waals surface area contributed by atoms with Crippen LogP contribution in [0.3, 0.4) is 0 Å². The summed E-state index contributed by atoms with van der Waals surface area (Å²) < 4.78 is 6.23. The second kappa shape index (κ2) is 4.67. The largest absolute Gasteiger partial charge is 0.466 e. The molecule has 7 heteroatoms. The number of nitrogens with zero attached hydrogens (tertiary/aromatic N) is 1. The Labute approximate surface area is 133 Å². The van der Waals surface area contributed by atoms with Gasteiger partial charge in [0.05, 0.1) is 12.3 Å². The van der Waals surface area contributed by atoms with Gasteiger partial charge in [0.25, 0.3) is 0 Å². The van der Waals surface area contributed by atoms with Crippen molar-refractivity contribution < 1.29 is 19.4 Å². The number of hydrogen-bond donors (Lipinski definition) is 3. The van der Waals surface area contributed by atoms with Gasteiger partial charge in [-0.25, -0.2) is 0 Å². The Bertz CT molecular complexity index is 720. The lowest BCUT2D eigenvalue weighted by atomic mass is 9.67. The molecule has 1 aliphatic carbocycles. The Morgan fingerprint density at radius 3 is 3.09 bits per heavy atom. The van der Waals surface area contributed by atoms with E-state index in [0.717, 1.165) is 18.4 Å². The smallest absolute Gasteiger partial charge is 0.236 e. The maximum Gasteiger partial charge on any atom is 0.236 e. The summed E-state index contributed by atoms with van der Waals surface area (Å²) in [5, 5.41) is 12.6. The summed E-state index contributed by atoms with van der Waals surface area (Å²) in [5.41, 5.74) is 6.77. The van der Waals surface area contributed by atoms with Crippen LogP contribution in [0.1, 0.15) is 42.0 Å². The van der Waals surface area contributed by atoms with Crippen molar-refractivity contribution in [3.63, 3.8) is 0 Å². The molecule has 4 unspecified atom stereocenters. The molecule has 3 aliphatic rings. The van der Waals surface area contributed by atoms with Gasteiger partial charge in [0.15, 0.2) is 5.72 Å². The topological polar surface area (TPSA) is 115 Å². The van der Waals surface area contributed by atoms with Crippen molar-refractivity contribution in [2.75, 3.05) is 0 Å². The fourth-order valence-electron chi connectivity index (χ4n) is 4.58. The number of pyridine rings is 1. The van der Waals surface area contributed by atoms with E-state index in [-0.39, 0.29) is 24.3 Å². The van der Waals surface area contributed by atoms with Crippen molar-refractivity contribution in [1.29, 1.82) is 0 Å². The average Bonchev–Trinajstić information content (AvgIpc) is 2.91. The standard InChI is InChI=1S/C16H19N3O4/c1-7-13-10(8(6-20)5-18-7)11-9-3-2-4-16(9,23-13)19-15(22)12(11)14(17)21/h5,9,11-12,20H,2-4,6H2,1H3,(H2,17,21)(H,19,22). The predicted octanol–water partition coefficient (Wildman–Crippen LogP) is 0.0860. The highest BCUT2D eigenvalue weighted by Gasteiger charge is 2.62. The van der Waals surface area contributed by atoms with Gasteiger partial charge in [-0.05, 0) is 19.8 Å². The highest BCUT2D eigenvalue weighted by Crippen LogP contribution is 2.57. The second-order valence-electron chi connectivity index (χ2n) is 6.66. The molecule has 122 valence electrons. The van der Waals surface area contributed by atoms with Gasteiger partial charge < -0.3 is 20.9 Å². The molecular weight excluding hydrogens is 298 g/mol. The summed E-state index contributed by atoms with van der Waals surface area (Å²) in [4.78, 5) is 28.8. The molecule has 2 fully saturated rings. The molecule has 2 amide bonds. The quantitative estimate of drug-likeness (QED) is 0.669. The summed E-state index contributed by atoms with van der Waals surface area (Å²) in [6, 6.07) is 0. The van der Waals surface area contributed by atoms with Crippen LogP contribution >= 0.6 is 0 Å². The zero-order valence-corrected chi connectivity index (χ0v) is 12.8. The third-order valence-electron chi connectivity index (χ3n) is 5.50. The number of fused-ring (bicyclic) bond motifs is 2. The minimum atomic E-state index is -0.944. The van der Waals surface area contributed by atoms with E-state index >= 15 is 0 Å². The van der Waals surface area contributed by atoms with Crippen LogP contribution in [-0.4, -0.2) is 27.6 Å². The van der Waals surface area contributed by atoms with Gasteiger partial charge in [-0.15, -0.1) is 0 Å². The first-order valence-corrected chi connectivity index (χ1v) is 7.88. The number of rotatable bonds is 2. The van der Waals surface area contributed by atoms with Gasteiger partial charge in [-0.3, -0.25) is 14.6 Å². The lowest BCUT2D eigenvalue weighted by molar-refractivity contribution is -0.152. The molecule has 3 heterocycles. The fourth-order valence-corrected chi connectivity index (χ4v) is 4.58. The lowest BCUT2D eigenvalue weighted by Crippen LogP contribution is -2.67. The number of ether oxygens (including phenoxy) is 1. The lowest BCUT2D eigenvalue weighted by Gasteiger charge is -2.51. The van der Waals surface area contributed by atoms with Crippen LogP contribution in [0.4, 0.5) is 0 Å². The zero-order chi connectivity index (χ0) is 16.4. The third kappa shape index (κ3) is 1.77. The maximum absolute atomic E-state index is 12.5. The first-order chi connectivity index (χ1) is 11.0. The number of carbonyl (C=O) groups is 2. The summed E-state index contributed by atoms with van der Waals surface area (Å²) in [5.74, 6) is -1.77. The molecule has 7 nitrogen and oxygen atoms in total. The molecule has 2 aliphatic heterocycles. The maximum atomic E-state index is 12.5. The van der Waals surface area contributed by atoms with Crippen molar-refractivity contribution in [3.8, 4) is 5.75 Å². The summed E-state index contributed by atoms with van der Waals surface area (Å²) >= 11 is 0. The van der Waals surface area contributed by atoms with Gasteiger partial charge in [0.1, 0.15) is 11.7 Å². The first-order valence-electron chi connectivity index (χ1n) is 7.88. The molecule has 1 saturated carbocycles. The highest BCUT2D eigenvalue weighted by atomic mass is 16.5. The Morgan fingerprint density at radius 1 is 1.61 bits per heavy atom. The number of aromatic nitrogens is 1. The number of aryl methyl sites for hydroxylation is 1. The van der Waals surface area contributed by atoms with E-state index in [1.165, 1.54) is 0 Å². The number of aliphatic hydroxyl groups excluding tert-OH is 1. The van der Waals surface area contributed by atoms with Gasteiger partial charge in [0.2, 0.25) is 11.8 Å².